The van der Waals surface area contributed by atoms with Gasteiger partial charge in [0.1, 0.15) is 11.5 Å². The molecular formula is C21H22ClF3N2O3S. The van der Waals surface area contributed by atoms with Gasteiger partial charge in [-0.3, -0.25) is 0 Å². The zero-order valence-corrected chi connectivity index (χ0v) is 18.5. The van der Waals surface area contributed by atoms with Crippen molar-refractivity contribution in [3.05, 3.63) is 52.5 Å². The summed E-state index contributed by atoms with van der Waals surface area (Å²) in [4.78, 5) is 1.86. The third-order valence-corrected chi connectivity index (χ3v) is 6.03. The van der Waals surface area contributed by atoms with Crippen LogP contribution in [0.25, 0.3) is 0 Å². The summed E-state index contributed by atoms with van der Waals surface area (Å²) < 4.78 is 50.1. The highest BCUT2D eigenvalue weighted by Crippen LogP contribution is 2.40. The Kier molecular flexibility index (Phi) is 6.88. The van der Waals surface area contributed by atoms with Crippen LogP contribution in [0.15, 0.2) is 36.4 Å². The monoisotopic (exact) mass is 474 g/mol. The van der Waals surface area contributed by atoms with Crippen molar-refractivity contribution in [3.63, 3.8) is 0 Å². The Labute approximate surface area is 188 Å². The lowest BCUT2D eigenvalue weighted by Gasteiger charge is -2.40. The Bertz CT molecular complexity index is 963. The molecule has 1 saturated heterocycles. The van der Waals surface area contributed by atoms with Crippen molar-refractivity contribution in [3.8, 4) is 11.5 Å². The van der Waals surface area contributed by atoms with Gasteiger partial charge in [0.2, 0.25) is 0 Å². The second-order valence-corrected chi connectivity index (χ2v) is 8.00. The number of hydrogen-bond acceptors (Lipinski definition) is 4. The summed E-state index contributed by atoms with van der Waals surface area (Å²) in [6.07, 6.45) is -4.16. The van der Waals surface area contributed by atoms with Crippen LogP contribution in [0.2, 0.25) is 5.02 Å². The van der Waals surface area contributed by atoms with E-state index < -0.39 is 22.4 Å². The van der Waals surface area contributed by atoms with E-state index in [9.17, 15) is 18.3 Å². The zero-order chi connectivity index (χ0) is 22.8. The molecule has 0 unspecified atom stereocenters. The molecule has 3 rings (SSSR count). The van der Waals surface area contributed by atoms with Crippen LogP contribution in [-0.4, -0.2) is 42.4 Å². The third kappa shape index (κ3) is 5.16. The number of ether oxygens (including phenoxy) is 2. The van der Waals surface area contributed by atoms with Gasteiger partial charge in [-0.25, -0.2) is 0 Å². The summed E-state index contributed by atoms with van der Waals surface area (Å²) in [5.74, 6) is 1.19. The van der Waals surface area contributed by atoms with Gasteiger partial charge in [-0.05, 0) is 54.9 Å². The number of alkyl halides is 3. The number of methoxy groups -OCH3 is 2. The molecule has 2 N–H and O–H groups in total. The van der Waals surface area contributed by atoms with E-state index in [0.29, 0.717) is 35.4 Å². The fourth-order valence-corrected chi connectivity index (χ4v) is 4.01. The highest BCUT2D eigenvalue weighted by molar-refractivity contribution is 7.80. The second-order valence-electron chi connectivity index (χ2n) is 7.21. The summed E-state index contributed by atoms with van der Waals surface area (Å²) in [6.45, 7) is 0.732. The van der Waals surface area contributed by atoms with Crippen LogP contribution in [0.1, 0.15) is 24.0 Å². The average Bonchev–Trinajstić information content (AvgIpc) is 2.73. The Morgan fingerprint density at radius 3 is 2.39 bits per heavy atom. The molecule has 0 aliphatic carbocycles. The molecule has 10 heteroatoms. The largest absolute Gasteiger partial charge is 0.497 e. The minimum Gasteiger partial charge on any atom is -0.497 e. The molecule has 0 spiro atoms. The molecule has 1 aliphatic heterocycles. The van der Waals surface area contributed by atoms with Crippen molar-refractivity contribution in [2.45, 2.75) is 24.6 Å². The molecule has 0 saturated carbocycles. The van der Waals surface area contributed by atoms with Gasteiger partial charge in [0.15, 0.2) is 5.11 Å². The Morgan fingerprint density at radius 1 is 1.13 bits per heavy atom. The van der Waals surface area contributed by atoms with E-state index in [-0.39, 0.29) is 18.4 Å². The van der Waals surface area contributed by atoms with Gasteiger partial charge >= 0.3 is 6.18 Å². The molecule has 31 heavy (non-hydrogen) atoms. The summed E-state index contributed by atoms with van der Waals surface area (Å²) in [7, 11) is 3.09. The number of nitrogens with one attached hydrogen (secondary N) is 1. The van der Waals surface area contributed by atoms with E-state index in [4.69, 9.17) is 33.3 Å². The van der Waals surface area contributed by atoms with Crippen LogP contribution in [0, 0.1) is 0 Å². The lowest BCUT2D eigenvalue weighted by Crippen LogP contribution is -2.46. The fourth-order valence-electron chi connectivity index (χ4n) is 3.50. The van der Waals surface area contributed by atoms with Gasteiger partial charge in [0.05, 0.1) is 36.1 Å². The standard InChI is InChI=1S/C21H22ClF3N2O3S/c1-29-14-4-6-17(18(12-14)30-2)26-19(31)27-9-7-20(28,8-10-27)13-3-5-16(22)15(11-13)21(23,24)25/h3-6,11-12,28H,7-10H2,1-2H3,(H,26,31). The summed E-state index contributed by atoms with van der Waals surface area (Å²) in [6, 6.07) is 8.80. The lowest BCUT2D eigenvalue weighted by atomic mass is 9.84. The maximum Gasteiger partial charge on any atom is 0.417 e. The second kappa shape index (κ2) is 9.10. The van der Waals surface area contributed by atoms with Gasteiger partial charge in [-0.2, -0.15) is 13.2 Å². The van der Waals surface area contributed by atoms with Gasteiger partial charge in [-0.15, -0.1) is 0 Å². The predicted molar refractivity (Wildman–Crippen MR) is 117 cm³/mol. The molecular weight excluding hydrogens is 453 g/mol. The van der Waals surface area contributed by atoms with Crippen molar-refractivity contribution in [2.24, 2.45) is 0 Å². The van der Waals surface area contributed by atoms with Crippen LogP contribution in [-0.2, 0) is 11.8 Å². The van der Waals surface area contributed by atoms with E-state index in [0.717, 1.165) is 6.07 Å². The van der Waals surface area contributed by atoms with E-state index in [1.54, 1.807) is 25.3 Å². The molecule has 1 heterocycles. The average molecular weight is 475 g/mol. The molecule has 0 bridgehead atoms. The first-order valence-electron chi connectivity index (χ1n) is 9.45. The molecule has 2 aromatic carbocycles. The van der Waals surface area contributed by atoms with Gasteiger partial charge in [0, 0.05) is 19.2 Å². The molecule has 0 radical (unpaired) electrons. The fraction of sp³-hybridized carbons (Fsp3) is 0.381. The molecule has 1 aliphatic rings. The van der Waals surface area contributed by atoms with Crippen molar-refractivity contribution in [1.29, 1.82) is 0 Å². The molecule has 5 nitrogen and oxygen atoms in total. The number of piperidine rings is 1. The topological polar surface area (TPSA) is 54.0 Å². The normalized spacial score (nSPS) is 16.0. The maximum atomic E-state index is 13.2. The minimum absolute atomic E-state index is 0.194. The maximum absolute atomic E-state index is 13.2. The van der Waals surface area contributed by atoms with Crippen LogP contribution in [0.4, 0.5) is 18.9 Å². The highest BCUT2D eigenvalue weighted by atomic mass is 35.5. The van der Waals surface area contributed by atoms with E-state index in [1.165, 1.54) is 19.2 Å². The minimum atomic E-state index is -4.59. The number of rotatable bonds is 4. The smallest absolute Gasteiger partial charge is 0.417 e. The van der Waals surface area contributed by atoms with Crippen LogP contribution in [0.5, 0.6) is 11.5 Å². The first kappa shape index (κ1) is 23.4. The number of halogens is 4. The predicted octanol–water partition coefficient (Wildman–Crippen LogP) is 5.06. The van der Waals surface area contributed by atoms with Crippen molar-refractivity contribution < 1.29 is 27.8 Å². The Balaban J connectivity index is 1.70. The number of anilines is 1. The molecule has 0 atom stereocenters. The number of thiocarbonyl (C=S) groups is 1. The molecule has 1 fully saturated rings. The first-order valence-corrected chi connectivity index (χ1v) is 10.2. The zero-order valence-electron chi connectivity index (χ0n) is 16.9. The quantitative estimate of drug-likeness (QED) is 0.604. The van der Waals surface area contributed by atoms with Crippen molar-refractivity contribution >= 4 is 34.6 Å². The first-order chi connectivity index (χ1) is 14.6. The Hall–Kier alpha value is -2.23. The summed E-state index contributed by atoms with van der Waals surface area (Å²) in [5.41, 5.74) is -1.50. The van der Waals surface area contributed by atoms with Gasteiger partial charge in [0.25, 0.3) is 0 Å². The third-order valence-electron chi connectivity index (χ3n) is 5.34. The van der Waals surface area contributed by atoms with Gasteiger partial charge in [-0.1, -0.05) is 17.7 Å². The molecule has 0 aromatic heterocycles. The van der Waals surface area contributed by atoms with Crippen molar-refractivity contribution in [2.75, 3.05) is 32.6 Å². The van der Waals surface area contributed by atoms with E-state index in [2.05, 4.69) is 5.32 Å². The number of benzene rings is 2. The number of aliphatic hydroxyl groups is 1. The summed E-state index contributed by atoms with van der Waals surface area (Å²) in [5, 5.41) is 14.2. The number of nitrogens with zero attached hydrogens (tertiary/aromatic N) is 1. The Morgan fingerprint density at radius 2 is 1.81 bits per heavy atom. The molecule has 168 valence electrons. The van der Waals surface area contributed by atoms with Crippen molar-refractivity contribution in [1.82, 2.24) is 4.90 Å². The van der Waals surface area contributed by atoms with Crippen LogP contribution < -0.4 is 14.8 Å². The number of hydrogen-bond donors (Lipinski definition) is 2. The number of likely N-dealkylation sites (tertiary alicyclic amines) is 1. The lowest BCUT2D eigenvalue weighted by molar-refractivity contribution is -0.137. The molecule has 2 aromatic rings. The van der Waals surface area contributed by atoms with E-state index in [1.807, 2.05) is 4.90 Å². The van der Waals surface area contributed by atoms with Crippen LogP contribution >= 0.6 is 23.8 Å². The van der Waals surface area contributed by atoms with E-state index >= 15 is 0 Å². The molecule has 0 amide bonds. The summed E-state index contributed by atoms with van der Waals surface area (Å²) >= 11 is 11.2. The highest BCUT2D eigenvalue weighted by Gasteiger charge is 2.38. The SMILES string of the molecule is COc1ccc(NC(=S)N2CCC(O)(c3ccc(Cl)c(C(F)(F)F)c3)CC2)c(OC)c1. The van der Waals surface area contributed by atoms with Gasteiger partial charge < -0.3 is 24.8 Å². The van der Waals surface area contributed by atoms with Crippen LogP contribution in [0.3, 0.4) is 0 Å².